The second-order valence-corrected chi connectivity index (χ2v) is 9.18. The van der Waals surface area contributed by atoms with Crippen molar-refractivity contribution in [2.45, 2.75) is 37.8 Å². The third-order valence-electron chi connectivity index (χ3n) is 5.25. The number of rotatable bonds is 8. The normalized spacial score (nSPS) is 12.6. The molecule has 0 saturated carbocycles. The van der Waals surface area contributed by atoms with E-state index in [1.807, 2.05) is 6.92 Å². The molecule has 0 bridgehead atoms. The Bertz CT molecular complexity index is 1160. The number of nitrogens with zero attached hydrogens (tertiary/aromatic N) is 1. The number of hydrogen-bond acceptors (Lipinski definition) is 3. The topological polar surface area (TPSA) is 74.7 Å². The van der Waals surface area contributed by atoms with Gasteiger partial charge in [-0.2, -0.15) is 4.31 Å². The lowest BCUT2D eigenvalue weighted by Gasteiger charge is -2.31. The maximum atomic E-state index is 13.6. The number of halogens is 1. The maximum absolute atomic E-state index is 13.6. The van der Waals surface area contributed by atoms with Crippen molar-refractivity contribution in [3.63, 3.8) is 0 Å². The molecule has 0 saturated heterocycles. The van der Waals surface area contributed by atoms with E-state index >= 15 is 0 Å². The summed E-state index contributed by atoms with van der Waals surface area (Å²) in [6, 6.07) is 18.1. The average Bonchev–Trinajstić information content (AvgIpc) is 2.76. The molecule has 0 fully saturated rings. The minimum absolute atomic E-state index is 0.0544. The van der Waals surface area contributed by atoms with Crippen molar-refractivity contribution in [2.24, 2.45) is 0 Å². The molecule has 0 aliphatic carbocycles. The van der Waals surface area contributed by atoms with Crippen LogP contribution in [0.3, 0.4) is 0 Å². The zero-order valence-corrected chi connectivity index (χ0v) is 18.1. The number of hydrogen-bond donors (Lipinski definition) is 1. The van der Waals surface area contributed by atoms with Crippen LogP contribution in [0.5, 0.6) is 0 Å². The first-order chi connectivity index (χ1) is 14.7. The van der Waals surface area contributed by atoms with Gasteiger partial charge < -0.3 is 5.11 Å². The van der Waals surface area contributed by atoms with E-state index in [2.05, 4.69) is 0 Å². The Hall–Kier alpha value is -3.03. The van der Waals surface area contributed by atoms with Gasteiger partial charge in [-0.05, 0) is 66.4 Å². The molecule has 0 spiro atoms. The summed E-state index contributed by atoms with van der Waals surface area (Å²) in [7, 11) is -3.89. The van der Waals surface area contributed by atoms with Crippen LogP contribution in [-0.4, -0.2) is 23.8 Å². The van der Waals surface area contributed by atoms with Gasteiger partial charge in [0.2, 0.25) is 10.0 Å². The molecule has 0 amide bonds. The summed E-state index contributed by atoms with van der Waals surface area (Å²) >= 11 is 0. The summed E-state index contributed by atoms with van der Waals surface area (Å²) < 4.78 is 42.1. The smallest absolute Gasteiger partial charge is 0.335 e. The van der Waals surface area contributed by atoms with Gasteiger partial charge in [-0.1, -0.05) is 43.3 Å². The van der Waals surface area contributed by atoms with Gasteiger partial charge >= 0.3 is 5.97 Å². The second kappa shape index (κ2) is 9.41. The number of carboxylic acid groups (broad SMARTS) is 1. The number of benzene rings is 3. The van der Waals surface area contributed by atoms with Gasteiger partial charge in [0.05, 0.1) is 16.5 Å². The molecule has 1 unspecified atom stereocenters. The average molecular weight is 442 g/mol. The highest BCUT2D eigenvalue weighted by atomic mass is 32.2. The van der Waals surface area contributed by atoms with E-state index < -0.39 is 27.9 Å². The van der Waals surface area contributed by atoms with E-state index in [0.717, 1.165) is 0 Å². The van der Waals surface area contributed by atoms with E-state index in [4.69, 9.17) is 0 Å². The van der Waals surface area contributed by atoms with Crippen LogP contribution in [0.2, 0.25) is 0 Å². The van der Waals surface area contributed by atoms with Crippen LogP contribution in [0.15, 0.2) is 77.7 Å². The second-order valence-electron chi connectivity index (χ2n) is 7.29. The predicted octanol–water partition coefficient (Wildman–Crippen LogP) is 5.17. The van der Waals surface area contributed by atoms with Gasteiger partial charge in [-0.25, -0.2) is 17.6 Å². The largest absolute Gasteiger partial charge is 0.478 e. The van der Waals surface area contributed by atoms with E-state index in [0.29, 0.717) is 23.1 Å². The Morgan fingerprint density at radius 1 is 1.03 bits per heavy atom. The first-order valence-corrected chi connectivity index (χ1v) is 11.3. The summed E-state index contributed by atoms with van der Waals surface area (Å²) in [6.45, 7) is 3.69. The number of carbonyl (C=O) groups is 1. The van der Waals surface area contributed by atoms with Crippen LogP contribution in [0.25, 0.3) is 0 Å². The maximum Gasteiger partial charge on any atom is 0.335 e. The molecule has 3 aromatic rings. The summed E-state index contributed by atoms with van der Waals surface area (Å²) in [5.74, 6) is -1.43. The molecule has 0 aliphatic heterocycles. The lowest BCUT2D eigenvalue weighted by molar-refractivity contribution is 0.0696. The molecule has 3 aromatic carbocycles. The Morgan fingerprint density at radius 3 is 2.23 bits per heavy atom. The van der Waals surface area contributed by atoms with Gasteiger partial charge in [0.25, 0.3) is 0 Å². The van der Waals surface area contributed by atoms with Crippen LogP contribution in [-0.2, 0) is 16.6 Å². The van der Waals surface area contributed by atoms with Crippen LogP contribution >= 0.6 is 0 Å². The Morgan fingerprint density at radius 2 is 1.68 bits per heavy atom. The molecule has 1 N–H and O–H groups in total. The number of aromatic carboxylic acids is 1. The van der Waals surface area contributed by atoms with Crippen molar-refractivity contribution in [3.8, 4) is 0 Å². The molecular formula is C24H24FNO4S. The minimum atomic E-state index is -3.89. The fraction of sp³-hybridized carbons (Fsp3) is 0.208. The van der Waals surface area contributed by atoms with E-state index in [1.54, 1.807) is 55.5 Å². The summed E-state index contributed by atoms with van der Waals surface area (Å²) in [4.78, 5) is 11.4. The van der Waals surface area contributed by atoms with Crippen molar-refractivity contribution in [1.29, 1.82) is 0 Å². The Kier molecular flexibility index (Phi) is 6.87. The highest BCUT2D eigenvalue weighted by Crippen LogP contribution is 2.33. The molecule has 0 aromatic heterocycles. The summed E-state index contributed by atoms with van der Waals surface area (Å²) in [5, 5.41) is 9.22. The zero-order valence-electron chi connectivity index (χ0n) is 17.3. The van der Waals surface area contributed by atoms with Crippen molar-refractivity contribution in [1.82, 2.24) is 4.31 Å². The SMILES string of the molecule is CCC(c1ccc(F)cc1)N(Cc1ccc(C(=O)O)cc1C)S(=O)(=O)c1ccccc1. The molecule has 162 valence electrons. The van der Waals surface area contributed by atoms with Gasteiger partial charge in [0.15, 0.2) is 0 Å². The molecule has 5 nitrogen and oxygen atoms in total. The van der Waals surface area contributed by atoms with E-state index in [9.17, 15) is 22.7 Å². The highest BCUT2D eigenvalue weighted by Gasteiger charge is 2.32. The van der Waals surface area contributed by atoms with Crippen LogP contribution in [0.4, 0.5) is 4.39 Å². The Balaban J connectivity index is 2.10. The standard InChI is InChI=1S/C24H24FNO4S/c1-3-23(18-11-13-21(25)14-12-18)26(31(29,30)22-7-5-4-6-8-22)16-20-10-9-19(24(27)28)15-17(20)2/h4-15,23H,3,16H2,1-2H3,(H,27,28). The number of aryl methyl sites for hydroxylation is 1. The predicted molar refractivity (Wildman–Crippen MR) is 117 cm³/mol. The fourth-order valence-electron chi connectivity index (χ4n) is 3.56. The summed E-state index contributed by atoms with van der Waals surface area (Å²) in [5.41, 5.74) is 2.21. The first kappa shape index (κ1) is 22.7. The van der Waals surface area contributed by atoms with Crippen molar-refractivity contribution < 1.29 is 22.7 Å². The zero-order chi connectivity index (χ0) is 22.6. The van der Waals surface area contributed by atoms with Gasteiger partial charge in [-0.15, -0.1) is 0 Å². The molecule has 7 heteroatoms. The van der Waals surface area contributed by atoms with Crippen LogP contribution < -0.4 is 0 Å². The molecule has 0 heterocycles. The molecule has 1 atom stereocenters. The number of sulfonamides is 1. The minimum Gasteiger partial charge on any atom is -0.478 e. The van der Waals surface area contributed by atoms with Gasteiger partial charge in [0, 0.05) is 6.54 Å². The molecule has 0 radical (unpaired) electrons. The van der Waals surface area contributed by atoms with Gasteiger partial charge in [0.1, 0.15) is 5.82 Å². The molecule has 3 rings (SSSR count). The third kappa shape index (κ3) is 5.00. The monoisotopic (exact) mass is 441 g/mol. The Labute approximate surface area is 181 Å². The number of carboxylic acids is 1. The lowest BCUT2D eigenvalue weighted by Crippen LogP contribution is -2.34. The van der Waals surface area contributed by atoms with E-state index in [1.165, 1.54) is 28.6 Å². The van der Waals surface area contributed by atoms with Crippen molar-refractivity contribution in [2.75, 3.05) is 0 Å². The highest BCUT2D eigenvalue weighted by molar-refractivity contribution is 7.89. The van der Waals surface area contributed by atoms with Crippen molar-refractivity contribution >= 4 is 16.0 Å². The third-order valence-corrected chi connectivity index (χ3v) is 7.12. The van der Waals surface area contributed by atoms with E-state index in [-0.39, 0.29) is 17.0 Å². The quantitative estimate of drug-likeness (QED) is 0.523. The van der Waals surface area contributed by atoms with Crippen molar-refractivity contribution in [3.05, 3.63) is 101 Å². The van der Waals surface area contributed by atoms with Crippen LogP contribution in [0.1, 0.15) is 46.4 Å². The molecular weight excluding hydrogens is 417 g/mol. The fourth-order valence-corrected chi connectivity index (χ4v) is 5.24. The molecule has 0 aliphatic rings. The van der Waals surface area contributed by atoms with Crippen LogP contribution in [0, 0.1) is 12.7 Å². The first-order valence-electron chi connectivity index (χ1n) is 9.89. The molecule has 31 heavy (non-hydrogen) atoms. The lowest BCUT2D eigenvalue weighted by atomic mass is 10.0. The van der Waals surface area contributed by atoms with Gasteiger partial charge in [-0.3, -0.25) is 0 Å². The summed E-state index contributed by atoms with van der Waals surface area (Å²) in [6.07, 6.45) is 0.476.